The Morgan fingerprint density at radius 2 is 1.17 bits per heavy atom. The molecule has 0 atom stereocenters. The van der Waals surface area contributed by atoms with Gasteiger partial charge in [-0.15, -0.1) is 0 Å². The van der Waals surface area contributed by atoms with E-state index in [0.717, 1.165) is 0 Å². The Bertz CT molecular complexity index is 15.5. The van der Waals surface area contributed by atoms with E-state index < -0.39 is 0 Å². The van der Waals surface area contributed by atoms with E-state index in [1.54, 1.807) is 17.7 Å². The monoisotopic (exact) mass is 368 g/mol. The molecule has 0 heterocycles. The summed E-state index contributed by atoms with van der Waals surface area (Å²) in [6.07, 6.45) is 0. The summed E-state index contributed by atoms with van der Waals surface area (Å²) in [5.41, 5.74) is 0. The molecule has 0 spiro atoms. The fourth-order valence-electron chi connectivity index (χ4n) is 0. The van der Waals surface area contributed by atoms with Crippen LogP contribution in [-0.4, -0.2) is 17.4 Å². The van der Waals surface area contributed by atoms with Gasteiger partial charge >= 0.3 is 31.1 Å². The molecule has 1 radical (unpaired) electrons. The predicted molar refractivity (Wildman–Crippen MR) is 9.94 cm³/mol. The van der Waals surface area contributed by atoms with Gasteiger partial charge in [0.15, 0.2) is 17.4 Å². The van der Waals surface area contributed by atoms with Gasteiger partial charge in [0.1, 0.15) is 0 Å². The maximum atomic E-state index is 2.95. The summed E-state index contributed by atoms with van der Waals surface area (Å²) in [7, 11) is 0. The Hall–Kier alpha value is 3.38. The molecule has 0 aliphatic heterocycles. The summed E-state index contributed by atoms with van der Waals surface area (Å²) in [6.45, 7) is 0. The van der Waals surface area contributed by atoms with E-state index in [0.29, 0.717) is 0 Å². The fraction of sp³-hybridized carbons (Fsp3) is 0. The second-order valence-electron chi connectivity index (χ2n) is 0. The molecule has 6 heteroatoms. The first kappa shape index (κ1) is 34.3. The minimum absolute atomic E-state index is 0. The van der Waals surface area contributed by atoms with E-state index in [1.807, 2.05) is 0 Å². The summed E-state index contributed by atoms with van der Waals surface area (Å²) < 4.78 is 0. The van der Waals surface area contributed by atoms with E-state index in [9.17, 15) is 0 Å². The Balaban J connectivity index is -0.000000000833. The standard InChI is InChI=1S/Al.Cu.Mn.Mo.Ni.Zn.3H. The van der Waals surface area contributed by atoms with Crippen molar-refractivity contribution in [1.82, 2.24) is 0 Å². The minimum atomic E-state index is 0. The summed E-state index contributed by atoms with van der Waals surface area (Å²) in [5, 5.41) is 0. The Labute approximate surface area is 99.7 Å². The summed E-state index contributed by atoms with van der Waals surface area (Å²) in [4.78, 5) is 0. The van der Waals surface area contributed by atoms with Crippen LogP contribution in [-0.2, 0) is 84.1 Å². The smallest absolute Gasteiger partial charge is 0 e. The number of rotatable bonds is 0. The van der Waals surface area contributed by atoms with Crippen molar-refractivity contribution >= 4 is 17.4 Å². The molecule has 0 aromatic rings. The largest absolute Gasteiger partial charge is 0 e. The van der Waals surface area contributed by atoms with Crippen molar-refractivity contribution in [1.29, 1.82) is 0 Å². The summed E-state index contributed by atoms with van der Waals surface area (Å²) in [6, 6.07) is 0. The van der Waals surface area contributed by atoms with Gasteiger partial charge < -0.3 is 0 Å². The Morgan fingerprint density at radius 3 is 1.17 bits per heavy atom. The molecule has 0 rings (SSSR count). The minimum Gasteiger partial charge on any atom is 0 e. The van der Waals surface area contributed by atoms with Crippen molar-refractivity contribution in [3.8, 4) is 0 Å². The van der Waals surface area contributed by atoms with Gasteiger partial charge in [0.2, 0.25) is 0 Å². The molecule has 6 heavy (non-hydrogen) atoms. The van der Waals surface area contributed by atoms with Crippen LogP contribution >= 0.6 is 0 Å². The Morgan fingerprint density at radius 1 is 1.17 bits per heavy atom. The molecular weight excluding hydrogens is 365 g/mol. The molecule has 0 aromatic carbocycles. The van der Waals surface area contributed by atoms with Crippen molar-refractivity contribution in [2.45, 2.75) is 0 Å². The third kappa shape index (κ3) is 26.3. The van der Waals surface area contributed by atoms with Gasteiger partial charge in [0.05, 0.1) is 0 Å². The van der Waals surface area contributed by atoms with Crippen LogP contribution in [0.4, 0.5) is 0 Å². The molecule has 0 amide bonds. The van der Waals surface area contributed by atoms with Gasteiger partial charge in [0, 0.05) is 53.0 Å². The summed E-state index contributed by atoms with van der Waals surface area (Å²) in [5.74, 6) is 0. The van der Waals surface area contributed by atoms with Gasteiger partial charge in [-0.2, -0.15) is 0 Å². The molecule has 0 aromatic heterocycles. The molecule has 0 aliphatic rings. The van der Waals surface area contributed by atoms with E-state index in [4.69, 9.17) is 0 Å². The summed E-state index contributed by atoms with van der Waals surface area (Å²) >= 11 is 4.71. The third-order valence-electron chi connectivity index (χ3n) is 0. The second-order valence-corrected chi connectivity index (χ2v) is 0. The average molecular weight is 369 g/mol. The Kier molecular flexibility index (Phi) is 229. The number of hydrogen-bond acceptors (Lipinski definition) is 0. The van der Waals surface area contributed by atoms with Gasteiger partial charge in [-0.05, 0) is 0 Å². The number of hydrogen-bond donors (Lipinski definition) is 0. The van der Waals surface area contributed by atoms with Crippen LogP contribution in [0.25, 0.3) is 0 Å². The van der Waals surface area contributed by atoms with Gasteiger partial charge in [0.25, 0.3) is 0 Å². The first-order valence-corrected chi connectivity index (χ1v) is 3.76. The zero-order chi connectivity index (χ0) is 2.00. The van der Waals surface area contributed by atoms with Crippen LogP contribution < -0.4 is 0 Å². The zero-order valence-electron chi connectivity index (χ0n) is 2.11. The molecule has 0 saturated carbocycles. The maximum Gasteiger partial charge on any atom is 0 e. The zero-order valence-corrected chi connectivity index (χ0v) is 10.2. The van der Waals surface area contributed by atoms with E-state index in [-0.39, 0.29) is 70.4 Å². The van der Waals surface area contributed by atoms with E-state index in [1.165, 1.54) is 0 Å². The molecule has 0 saturated heterocycles. The third-order valence-corrected chi connectivity index (χ3v) is 0. The van der Waals surface area contributed by atoms with Crippen LogP contribution in [0, 0.1) is 0 Å². The van der Waals surface area contributed by atoms with Crippen LogP contribution in [0.2, 0.25) is 0 Å². The van der Waals surface area contributed by atoms with Crippen molar-refractivity contribution in [3.05, 3.63) is 0 Å². The van der Waals surface area contributed by atoms with Gasteiger partial charge in [-0.1, -0.05) is 0 Å². The van der Waals surface area contributed by atoms with Gasteiger partial charge in [-0.25, -0.2) is 0 Å². The first-order chi connectivity index (χ1) is 1.00. The van der Waals surface area contributed by atoms with Crippen LogP contribution in [0.15, 0.2) is 0 Å². The SMILES string of the molecule is [AlH3].[Cu].[Mn][Mo].[Ni].[Zn]. The van der Waals surface area contributed by atoms with Crippen molar-refractivity contribution in [2.75, 3.05) is 0 Å². The van der Waals surface area contributed by atoms with E-state index in [2.05, 4.69) is 13.4 Å². The van der Waals surface area contributed by atoms with Crippen molar-refractivity contribution < 1.29 is 84.1 Å². The quantitative estimate of drug-likeness (QED) is 0.472. The molecule has 0 nitrogen and oxygen atoms in total. The van der Waals surface area contributed by atoms with Crippen LogP contribution in [0.1, 0.15) is 0 Å². The van der Waals surface area contributed by atoms with Crippen LogP contribution in [0.5, 0.6) is 0 Å². The molecule has 0 fully saturated rings. The van der Waals surface area contributed by atoms with Crippen LogP contribution in [0.3, 0.4) is 0 Å². The molecule has 0 aliphatic carbocycles. The van der Waals surface area contributed by atoms with Gasteiger partial charge in [-0.3, -0.25) is 0 Å². The maximum absolute atomic E-state index is 2.95. The van der Waals surface area contributed by atoms with Crippen molar-refractivity contribution in [3.63, 3.8) is 0 Å². The second kappa shape index (κ2) is 40.0. The molecule has 42 valence electrons. The first-order valence-electron chi connectivity index (χ1n) is 0.154. The van der Waals surface area contributed by atoms with E-state index >= 15 is 0 Å². The topological polar surface area (TPSA) is 0 Å². The molecule has 0 unspecified atom stereocenters. The molecule has 0 N–H and O–H groups in total. The average Bonchev–Trinajstić information content (AvgIpc) is 1.00. The molecular formula is H3AlCuMnMoNiZn. The normalized spacial score (nSPS) is 0.833. The van der Waals surface area contributed by atoms with Crippen molar-refractivity contribution in [2.24, 2.45) is 0 Å². The predicted octanol–water partition coefficient (Wildman–Crippen LogP) is -1.20. The fourth-order valence-corrected chi connectivity index (χ4v) is 0. The molecule has 0 bridgehead atoms.